The van der Waals surface area contributed by atoms with Gasteiger partial charge in [0.15, 0.2) is 5.65 Å². The summed E-state index contributed by atoms with van der Waals surface area (Å²) in [4.78, 5) is 22.6. The molecule has 0 saturated heterocycles. The number of fused-ring (bicyclic) bond motifs is 1. The summed E-state index contributed by atoms with van der Waals surface area (Å²) in [6.07, 6.45) is 0. The molecule has 0 amide bonds. The molecule has 0 atom stereocenters. The van der Waals surface area contributed by atoms with E-state index in [2.05, 4.69) is 28.8 Å². The fourth-order valence-corrected chi connectivity index (χ4v) is 1.40. The number of aryl methyl sites for hydroxylation is 1. The summed E-state index contributed by atoms with van der Waals surface area (Å²) in [6, 6.07) is 3.83. The molecule has 78 valence electrons. The molecule has 0 unspecified atom stereocenters. The first-order valence-corrected chi connectivity index (χ1v) is 4.95. The summed E-state index contributed by atoms with van der Waals surface area (Å²) in [6.45, 7) is 5.82. The van der Waals surface area contributed by atoms with Crippen LogP contribution < -0.4 is 5.56 Å². The first-order chi connectivity index (χ1) is 7.08. The zero-order valence-electron chi connectivity index (χ0n) is 9.03. The van der Waals surface area contributed by atoms with Crippen LogP contribution in [0.4, 0.5) is 0 Å². The number of aromatic nitrogens is 3. The van der Waals surface area contributed by atoms with Crippen molar-refractivity contribution in [3.63, 3.8) is 0 Å². The van der Waals surface area contributed by atoms with Crippen molar-refractivity contribution in [1.82, 2.24) is 15.0 Å². The number of pyridine rings is 1. The molecule has 2 heterocycles. The Kier molecular flexibility index (Phi) is 2.26. The monoisotopic (exact) mass is 203 g/mol. The number of aromatic amines is 1. The van der Waals surface area contributed by atoms with E-state index < -0.39 is 0 Å². The van der Waals surface area contributed by atoms with Gasteiger partial charge in [-0.05, 0) is 25.0 Å². The zero-order valence-corrected chi connectivity index (χ0v) is 9.03. The summed E-state index contributed by atoms with van der Waals surface area (Å²) in [5, 5.41) is 0. The minimum absolute atomic E-state index is 0.170. The lowest BCUT2D eigenvalue weighted by Gasteiger charge is -2.05. The number of hydrogen-bond donors (Lipinski definition) is 1. The van der Waals surface area contributed by atoms with E-state index in [4.69, 9.17) is 0 Å². The lowest BCUT2D eigenvalue weighted by atomic mass is 10.1. The van der Waals surface area contributed by atoms with Gasteiger partial charge in [-0.15, -0.1) is 0 Å². The minimum atomic E-state index is -0.170. The fourth-order valence-electron chi connectivity index (χ4n) is 1.40. The second-order valence-electron chi connectivity index (χ2n) is 3.91. The van der Waals surface area contributed by atoms with Gasteiger partial charge in [0.05, 0.1) is 0 Å². The van der Waals surface area contributed by atoms with Gasteiger partial charge < -0.3 is 4.98 Å². The topological polar surface area (TPSA) is 58.6 Å². The quantitative estimate of drug-likeness (QED) is 0.768. The maximum Gasteiger partial charge on any atom is 0.270 e. The Morgan fingerprint density at radius 1 is 1.27 bits per heavy atom. The molecule has 0 aromatic carbocycles. The Hall–Kier alpha value is -1.71. The van der Waals surface area contributed by atoms with Gasteiger partial charge >= 0.3 is 0 Å². The Morgan fingerprint density at radius 2 is 2.00 bits per heavy atom. The van der Waals surface area contributed by atoms with Crippen molar-refractivity contribution in [2.24, 2.45) is 0 Å². The molecule has 0 radical (unpaired) electrons. The predicted octanol–water partition coefficient (Wildman–Crippen LogP) is 1.75. The Balaban J connectivity index is 2.72. The molecular weight excluding hydrogens is 190 g/mol. The summed E-state index contributed by atoms with van der Waals surface area (Å²) < 4.78 is 0. The van der Waals surface area contributed by atoms with Crippen molar-refractivity contribution >= 4 is 11.2 Å². The van der Waals surface area contributed by atoms with Gasteiger partial charge in [0.2, 0.25) is 0 Å². The summed E-state index contributed by atoms with van der Waals surface area (Å²) in [5.41, 5.74) is 2.56. The van der Waals surface area contributed by atoms with Crippen molar-refractivity contribution in [2.45, 2.75) is 26.7 Å². The van der Waals surface area contributed by atoms with Crippen LogP contribution in [0.2, 0.25) is 0 Å². The van der Waals surface area contributed by atoms with Crippen LogP contribution in [0.25, 0.3) is 11.2 Å². The molecule has 0 aliphatic heterocycles. The van der Waals surface area contributed by atoms with Crippen molar-refractivity contribution in [1.29, 1.82) is 0 Å². The van der Waals surface area contributed by atoms with Crippen molar-refractivity contribution in [2.75, 3.05) is 0 Å². The number of hydrogen-bond acceptors (Lipinski definition) is 3. The van der Waals surface area contributed by atoms with E-state index >= 15 is 0 Å². The number of nitrogens with one attached hydrogen (secondary N) is 1. The third kappa shape index (κ3) is 1.75. The lowest BCUT2D eigenvalue weighted by molar-refractivity contribution is 0.826. The summed E-state index contributed by atoms with van der Waals surface area (Å²) >= 11 is 0. The molecule has 0 bridgehead atoms. The molecule has 2 aromatic heterocycles. The van der Waals surface area contributed by atoms with E-state index in [0.717, 1.165) is 11.2 Å². The van der Waals surface area contributed by atoms with Crippen LogP contribution in [0.15, 0.2) is 16.9 Å². The highest BCUT2D eigenvalue weighted by Gasteiger charge is 2.05. The summed E-state index contributed by atoms with van der Waals surface area (Å²) in [7, 11) is 0. The van der Waals surface area contributed by atoms with Crippen molar-refractivity contribution < 1.29 is 0 Å². The first kappa shape index (κ1) is 9.83. The lowest BCUT2D eigenvalue weighted by Crippen LogP contribution is -2.12. The third-order valence-electron chi connectivity index (χ3n) is 2.34. The number of rotatable bonds is 1. The molecule has 0 saturated carbocycles. The smallest absolute Gasteiger partial charge is 0.270 e. The van der Waals surface area contributed by atoms with Crippen molar-refractivity contribution in [3.05, 3.63) is 33.9 Å². The van der Waals surface area contributed by atoms with E-state index in [-0.39, 0.29) is 5.56 Å². The second-order valence-corrected chi connectivity index (χ2v) is 3.91. The summed E-state index contributed by atoms with van der Waals surface area (Å²) in [5.74, 6) is 0.346. The van der Waals surface area contributed by atoms with Crippen LogP contribution >= 0.6 is 0 Å². The van der Waals surface area contributed by atoms with Gasteiger partial charge in [0, 0.05) is 5.69 Å². The molecule has 15 heavy (non-hydrogen) atoms. The minimum Gasteiger partial charge on any atom is -0.304 e. The number of H-pyrrole nitrogens is 1. The molecule has 4 heteroatoms. The molecule has 2 aromatic rings. The standard InChI is InChI=1S/C11H13N3O/c1-6(2)8-4-5-9-10(13-8)14-11(15)7(3)12-9/h4-6H,1-3H3,(H,13,14,15). The molecular formula is C11H13N3O. The van der Waals surface area contributed by atoms with Crippen LogP contribution in [0.5, 0.6) is 0 Å². The second kappa shape index (κ2) is 3.46. The highest BCUT2D eigenvalue weighted by Crippen LogP contribution is 2.13. The molecule has 0 spiro atoms. The van der Waals surface area contributed by atoms with Gasteiger partial charge in [-0.25, -0.2) is 9.97 Å². The van der Waals surface area contributed by atoms with E-state index in [0.29, 0.717) is 17.3 Å². The molecule has 0 aliphatic carbocycles. The maximum atomic E-state index is 11.4. The molecule has 2 rings (SSSR count). The Morgan fingerprint density at radius 3 is 2.67 bits per heavy atom. The normalized spacial score (nSPS) is 11.2. The first-order valence-electron chi connectivity index (χ1n) is 4.95. The van der Waals surface area contributed by atoms with Crippen LogP contribution in [-0.2, 0) is 0 Å². The van der Waals surface area contributed by atoms with Gasteiger partial charge in [0.1, 0.15) is 11.2 Å². The van der Waals surface area contributed by atoms with Crippen LogP contribution in [0.1, 0.15) is 31.2 Å². The van der Waals surface area contributed by atoms with Gasteiger partial charge in [-0.3, -0.25) is 4.79 Å². The van der Waals surface area contributed by atoms with Crippen LogP contribution in [-0.4, -0.2) is 15.0 Å². The Labute approximate surface area is 87.4 Å². The van der Waals surface area contributed by atoms with Crippen LogP contribution in [0.3, 0.4) is 0 Å². The van der Waals surface area contributed by atoms with Gasteiger partial charge in [0.25, 0.3) is 5.56 Å². The zero-order chi connectivity index (χ0) is 11.0. The average molecular weight is 203 g/mol. The van der Waals surface area contributed by atoms with E-state index in [9.17, 15) is 4.79 Å². The van der Waals surface area contributed by atoms with E-state index in [1.54, 1.807) is 6.92 Å². The largest absolute Gasteiger partial charge is 0.304 e. The van der Waals surface area contributed by atoms with Crippen LogP contribution in [0, 0.1) is 6.92 Å². The predicted molar refractivity (Wildman–Crippen MR) is 59.0 cm³/mol. The molecule has 1 N–H and O–H groups in total. The molecule has 0 aliphatic rings. The molecule has 0 fully saturated rings. The fraction of sp³-hybridized carbons (Fsp3) is 0.364. The van der Waals surface area contributed by atoms with Gasteiger partial charge in [-0.2, -0.15) is 0 Å². The highest BCUT2D eigenvalue weighted by molar-refractivity contribution is 5.69. The Bertz CT molecular complexity index is 557. The maximum absolute atomic E-state index is 11.4. The SMILES string of the molecule is Cc1nc2ccc(C(C)C)nc2[nH]c1=O. The van der Waals surface area contributed by atoms with Crippen molar-refractivity contribution in [3.8, 4) is 0 Å². The van der Waals surface area contributed by atoms with E-state index in [1.165, 1.54) is 0 Å². The number of nitrogens with zero attached hydrogens (tertiary/aromatic N) is 2. The van der Waals surface area contributed by atoms with Gasteiger partial charge in [-0.1, -0.05) is 13.8 Å². The third-order valence-corrected chi connectivity index (χ3v) is 2.34. The average Bonchev–Trinajstić information content (AvgIpc) is 2.19. The van der Waals surface area contributed by atoms with E-state index in [1.807, 2.05) is 12.1 Å². The molecule has 4 nitrogen and oxygen atoms in total. The highest BCUT2D eigenvalue weighted by atomic mass is 16.1.